The summed E-state index contributed by atoms with van der Waals surface area (Å²) in [5.41, 5.74) is 9.45. The standard InChI is InChI=1S/C15H17N5/c1-10(2)20-14-5-6-17-9-13(14)19-15(20)12-4-3-11(7-16)8-18-12/h3-6,8-10H,7,16H2,1-2H3. The summed E-state index contributed by atoms with van der Waals surface area (Å²) in [4.78, 5) is 13.3. The number of hydrogen-bond donors (Lipinski definition) is 1. The highest BCUT2D eigenvalue weighted by molar-refractivity contribution is 5.79. The van der Waals surface area contributed by atoms with E-state index < -0.39 is 0 Å². The van der Waals surface area contributed by atoms with Crippen LogP contribution >= 0.6 is 0 Å². The summed E-state index contributed by atoms with van der Waals surface area (Å²) >= 11 is 0. The van der Waals surface area contributed by atoms with E-state index in [0.717, 1.165) is 28.1 Å². The van der Waals surface area contributed by atoms with Crippen molar-refractivity contribution >= 4 is 11.0 Å². The van der Waals surface area contributed by atoms with E-state index >= 15 is 0 Å². The Labute approximate surface area is 117 Å². The van der Waals surface area contributed by atoms with Crippen LogP contribution in [-0.2, 0) is 6.54 Å². The Kier molecular flexibility index (Phi) is 3.20. The molecule has 0 aliphatic heterocycles. The summed E-state index contributed by atoms with van der Waals surface area (Å²) in [6, 6.07) is 6.24. The predicted molar refractivity (Wildman–Crippen MR) is 79.0 cm³/mol. The first-order valence-electron chi connectivity index (χ1n) is 6.68. The van der Waals surface area contributed by atoms with Gasteiger partial charge in [-0.1, -0.05) is 6.07 Å². The van der Waals surface area contributed by atoms with Gasteiger partial charge in [0.1, 0.15) is 11.2 Å². The van der Waals surface area contributed by atoms with Gasteiger partial charge < -0.3 is 10.3 Å². The van der Waals surface area contributed by atoms with Crippen molar-refractivity contribution in [3.05, 3.63) is 42.4 Å². The van der Waals surface area contributed by atoms with Gasteiger partial charge in [0.05, 0.1) is 11.7 Å². The van der Waals surface area contributed by atoms with Crippen molar-refractivity contribution in [1.82, 2.24) is 19.5 Å². The average molecular weight is 267 g/mol. The molecule has 0 aliphatic carbocycles. The van der Waals surface area contributed by atoms with E-state index in [0.29, 0.717) is 12.6 Å². The number of aromatic nitrogens is 4. The molecule has 20 heavy (non-hydrogen) atoms. The first-order valence-corrected chi connectivity index (χ1v) is 6.68. The summed E-state index contributed by atoms with van der Waals surface area (Å²) in [6.07, 6.45) is 5.38. The topological polar surface area (TPSA) is 69.6 Å². The average Bonchev–Trinajstić information content (AvgIpc) is 2.86. The van der Waals surface area contributed by atoms with Gasteiger partial charge in [-0.05, 0) is 31.5 Å². The van der Waals surface area contributed by atoms with Gasteiger partial charge >= 0.3 is 0 Å². The van der Waals surface area contributed by atoms with Gasteiger partial charge in [0.2, 0.25) is 0 Å². The van der Waals surface area contributed by atoms with Crippen LogP contribution < -0.4 is 5.73 Å². The molecule has 0 spiro atoms. The number of nitrogens with two attached hydrogens (primary N) is 1. The Balaban J connectivity index is 2.21. The molecule has 0 fully saturated rings. The SMILES string of the molecule is CC(C)n1c(-c2ccc(CN)cn2)nc2cnccc21. The molecule has 5 heteroatoms. The van der Waals surface area contributed by atoms with Gasteiger partial charge in [-0.3, -0.25) is 9.97 Å². The quantitative estimate of drug-likeness (QED) is 0.791. The van der Waals surface area contributed by atoms with Crippen LogP contribution in [0.25, 0.3) is 22.6 Å². The number of nitrogens with zero attached hydrogens (tertiary/aromatic N) is 4. The second-order valence-corrected chi connectivity index (χ2v) is 5.02. The molecule has 3 rings (SSSR count). The highest BCUT2D eigenvalue weighted by Gasteiger charge is 2.15. The number of fused-ring (bicyclic) bond motifs is 1. The fourth-order valence-corrected chi connectivity index (χ4v) is 2.33. The third-order valence-electron chi connectivity index (χ3n) is 3.30. The Bertz CT molecular complexity index is 728. The Morgan fingerprint density at radius 1 is 1.20 bits per heavy atom. The molecule has 102 valence electrons. The van der Waals surface area contributed by atoms with Crippen molar-refractivity contribution in [3.8, 4) is 11.5 Å². The molecule has 3 aromatic heterocycles. The van der Waals surface area contributed by atoms with Crippen LogP contribution in [0.2, 0.25) is 0 Å². The lowest BCUT2D eigenvalue weighted by Gasteiger charge is -2.12. The van der Waals surface area contributed by atoms with Crippen LogP contribution in [0.4, 0.5) is 0 Å². The van der Waals surface area contributed by atoms with E-state index in [1.807, 2.05) is 18.2 Å². The van der Waals surface area contributed by atoms with Crippen LogP contribution in [-0.4, -0.2) is 19.5 Å². The van der Waals surface area contributed by atoms with E-state index in [1.54, 1.807) is 18.6 Å². The van der Waals surface area contributed by atoms with Gasteiger partial charge in [-0.2, -0.15) is 0 Å². The lowest BCUT2D eigenvalue weighted by Crippen LogP contribution is -2.04. The highest BCUT2D eigenvalue weighted by atomic mass is 15.1. The monoisotopic (exact) mass is 267 g/mol. The molecule has 0 saturated carbocycles. The van der Waals surface area contributed by atoms with Gasteiger partial charge in [-0.25, -0.2) is 4.98 Å². The summed E-state index contributed by atoms with van der Waals surface area (Å²) < 4.78 is 2.18. The molecule has 0 amide bonds. The van der Waals surface area contributed by atoms with Crippen LogP contribution in [0.5, 0.6) is 0 Å². The third-order valence-corrected chi connectivity index (χ3v) is 3.30. The summed E-state index contributed by atoms with van der Waals surface area (Å²) in [7, 11) is 0. The minimum absolute atomic E-state index is 0.299. The van der Waals surface area contributed by atoms with Crippen molar-refractivity contribution in [2.24, 2.45) is 5.73 Å². The van der Waals surface area contributed by atoms with E-state index in [1.165, 1.54) is 0 Å². The predicted octanol–water partition coefficient (Wildman–Crippen LogP) is 2.53. The van der Waals surface area contributed by atoms with E-state index in [4.69, 9.17) is 5.73 Å². The Hall–Kier alpha value is -2.27. The molecular weight excluding hydrogens is 250 g/mol. The molecule has 0 saturated heterocycles. The fourth-order valence-electron chi connectivity index (χ4n) is 2.33. The summed E-state index contributed by atoms with van der Waals surface area (Å²) in [5, 5.41) is 0. The lowest BCUT2D eigenvalue weighted by molar-refractivity contribution is 0.623. The zero-order chi connectivity index (χ0) is 14.1. The minimum atomic E-state index is 0.299. The van der Waals surface area contributed by atoms with E-state index in [-0.39, 0.29) is 0 Å². The highest BCUT2D eigenvalue weighted by Crippen LogP contribution is 2.26. The van der Waals surface area contributed by atoms with Crippen LogP contribution in [0.3, 0.4) is 0 Å². The van der Waals surface area contributed by atoms with Crippen molar-refractivity contribution in [2.45, 2.75) is 26.4 Å². The zero-order valence-corrected chi connectivity index (χ0v) is 11.6. The zero-order valence-electron chi connectivity index (χ0n) is 11.6. The smallest absolute Gasteiger partial charge is 0.160 e. The maximum atomic E-state index is 5.61. The van der Waals surface area contributed by atoms with Crippen molar-refractivity contribution in [2.75, 3.05) is 0 Å². The second-order valence-electron chi connectivity index (χ2n) is 5.02. The molecule has 5 nitrogen and oxygen atoms in total. The Morgan fingerprint density at radius 2 is 2.05 bits per heavy atom. The number of pyridine rings is 2. The summed E-state index contributed by atoms with van der Waals surface area (Å²) in [5.74, 6) is 0.867. The molecule has 3 aromatic rings. The van der Waals surface area contributed by atoms with Gasteiger partial charge in [0, 0.05) is 25.0 Å². The molecular formula is C15H17N5. The minimum Gasteiger partial charge on any atom is -0.326 e. The molecule has 0 aromatic carbocycles. The van der Waals surface area contributed by atoms with Crippen molar-refractivity contribution in [1.29, 1.82) is 0 Å². The second kappa shape index (κ2) is 5.02. The fraction of sp³-hybridized carbons (Fsp3) is 0.267. The maximum absolute atomic E-state index is 5.61. The third kappa shape index (κ3) is 2.06. The van der Waals surface area contributed by atoms with Gasteiger partial charge in [-0.15, -0.1) is 0 Å². The molecule has 0 atom stereocenters. The largest absolute Gasteiger partial charge is 0.326 e. The number of hydrogen-bond acceptors (Lipinski definition) is 4. The Morgan fingerprint density at radius 3 is 2.70 bits per heavy atom. The first-order chi connectivity index (χ1) is 9.70. The molecule has 3 heterocycles. The van der Waals surface area contributed by atoms with Crippen molar-refractivity contribution < 1.29 is 0 Å². The molecule has 0 bridgehead atoms. The molecule has 2 N–H and O–H groups in total. The maximum Gasteiger partial charge on any atom is 0.160 e. The number of imidazole rings is 1. The summed E-state index contributed by atoms with van der Waals surface area (Å²) in [6.45, 7) is 4.77. The van der Waals surface area contributed by atoms with Crippen LogP contribution in [0.15, 0.2) is 36.8 Å². The lowest BCUT2D eigenvalue weighted by atomic mass is 10.2. The van der Waals surface area contributed by atoms with Crippen LogP contribution in [0, 0.1) is 0 Å². The van der Waals surface area contributed by atoms with E-state index in [9.17, 15) is 0 Å². The van der Waals surface area contributed by atoms with Gasteiger partial charge in [0.25, 0.3) is 0 Å². The van der Waals surface area contributed by atoms with Crippen LogP contribution in [0.1, 0.15) is 25.5 Å². The normalized spacial score (nSPS) is 11.4. The van der Waals surface area contributed by atoms with E-state index in [2.05, 4.69) is 33.4 Å². The molecule has 0 radical (unpaired) electrons. The van der Waals surface area contributed by atoms with Gasteiger partial charge in [0.15, 0.2) is 5.82 Å². The first kappa shape index (κ1) is 12.7. The molecule has 0 aliphatic rings. The molecule has 0 unspecified atom stereocenters. The van der Waals surface area contributed by atoms with Crippen molar-refractivity contribution in [3.63, 3.8) is 0 Å². The number of rotatable bonds is 3.